The normalized spacial score (nSPS) is 11.8. The Kier molecular flexibility index (Phi) is 4.61. The molecule has 0 aliphatic carbocycles. The van der Waals surface area contributed by atoms with Crippen LogP contribution < -0.4 is 5.32 Å². The number of hydrogen-bond acceptors (Lipinski definition) is 5. The number of rotatable bonds is 4. The summed E-state index contributed by atoms with van der Waals surface area (Å²) in [6.07, 6.45) is 0.566. The molecule has 1 aromatic rings. The molecule has 0 fully saturated rings. The van der Waals surface area contributed by atoms with Gasteiger partial charge in [-0.2, -0.15) is 0 Å². The quantitative estimate of drug-likeness (QED) is 0.656. The second kappa shape index (κ2) is 5.77. The van der Waals surface area contributed by atoms with Gasteiger partial charge in [-0.3, -0.25) is 9.59 Å². The fourth-order valence-electron chi connectivity index (χ4n) is 1.42. The predicted molar refractivity (Wildman–Crippen MR) is 68.9 cm³/mol. The Morgan fingerprint density at radius 1 is 1.44 bits per heavy atom. The lowest BCUT2D eigenvalue weighted by atomic mass is 10.2. The summed E-state index contributed by atoms with van der Waals surface area (Å²) < 4.78 is 0. The zero-order valence-electron chi connectivity index (χ0n) is 10.7. The van der Waals surface area contributed by atoms with Gasteiger partial charge in [0.2, 0.25) is 5.91 Å². The monoisotopic (exact) mass is 270 g/mol. The summed E-state index contributed by atoms with van der Waals surface area (Å²) in [7, 11) is 3.30. The highest BCUT2D eigenvalue weighted by molar-refractivity contribution is 6.32. The van der Waals surface area contributed by atoms with Gasteiger partial charge in [0.25, 0.3) is 0 Å². The first-order valence-corrected chi connectivity index (χ1v) is 5.71. The van der Waals surface area contributed by atoms with Crippen LogP contribution in [0.25, 0.3) is 0 Å². The van der Waals surface area contributed by atoms with E-state index in [-0.39, 0.29) is 22.4 Å². The number of amides is 1. The van der Waals surface area contributed by atoms with Crippen LogP contribution in [0.15, 0.2) is 0 Å². The summed E-state index contributed by atoms with van der Waals surface area (Å²) >= 11 is 5.84. The summed E-state index contributed by atoms with van der Waals surface area (Å²) in [4.78, 5) is 32.1. The molecule has 1 atom stereocenters. The first-order valence-electron chi connectivity index (χ1n) is 5.33. The molecule has 0 aromatic carbocycles. The molecule has 0 radical (unpaired) electrons. The number of carbonyl (C=O) groups is 2. The highest BCUT2D eigenvalue weighted by atomic mass is 35.5. The smallest absolute Gasteiger partial charge is 0.244 e. The summed E-state index contributed by atoms with van der Waals surface area (Å²) in [6.45, 7) is 3.34. The van der Waals surface area contributed by atoms with Crippen molar-refractivity contribution in [2.75, 3.05) is 19.4 Å². The first kappa shape index (κ1) is 14.4. The summed E-state index contributed by atoms with van der Waals surface area (Å²) in [6, 6.07) is -0.510. The molecule has 7 heteroatoms. The summed E-state index contributed by atoms with van der Waals surface area (Å²) in [5.74, 6) is 0.571. The predicted octanol–water partition coefficient (Wildman–Crippen LogP) is 1.14. The molecular weight excluding hydrogens is 256 g/mol. The molecule has 1 unspecified atom stereocenters. The highest BCUT2D eigenvalue weighted by Crippen LogP contribution is 2.19. The lowest BCUT2D eigenvalue weighted by Crippen LogP contribution is -2.37. The third-order valence-corrected chi connectivity index (χ3v) is 2.58. The maximum absolute atomic E-state index is 11.7. The van der Waals surface area contributed by atoms with Crippen LogP contribution in [0.1, 0.15) is 23.1 Å². The lowest BCUT2D eigenvalue weighted by Gasteiger charge is -2.19. The van der Waals surface area contributed by atoms with Gasteiger partial charge in [0.05, 0.1) is 5.56 Å². The number of carbonyl (C=O) groups excluding carboxylic acids is 2. The van der Waals surface area contributed by atoms with Crippen LogP contribution in [0, 0.1) is 6.92 Å². The van der Waals surface area contributed by atoms with Crippen molar-refractivity contribution < 1.29 is 9.59 Å². The van der Waals surface area contributed by atoms with Crippen molar-refractivity contribution in [1.29, 1.82) is 0 Å². The van der Waals surface area contributed by atoms with Crippen molar-refractivity contribution in [3.05, 3.63) is 16.5 Å². The highest BCUT2D eigenvalue weighted by Gasteiger charge is 2.18. The zero-order chi connectivity index (χ0) is 13.9. The molecule has 0 bridgehead atoms. The molecule has 1 aromatic heterocycles. The van der Waals surface area contributed by atoms with Gasteiger partial charge >= 0.3 is 0 Å². The van der Waals surface area contributed by atoms with Gasteiger partial charge in [0.1, 0.15) is 22.8 Å². The molecule has 0 aliphatic rings. The van der Waals surface area contributed by atoms with Gasteiger partial charge in [0, 0.05) is 14.1 Å². The number of aryl methyl sites for hydroxylation is 1. The molecule has 0 spiro atoms. The SMILES string of the molecule is Cc1nc(Cl)c(C=O)c(NC(C)C(=O)N(C)C)n1. The van der Waals surface area contributed by atoms with E-state index in [4.69, 9.17) is 11.6 Å². The van der Waals surface area contributed by atoms with Crippen LogP contribution in [0.2, 0.25) is 5.15 Å². The third kappa shape index (κ3) is 3.16. The van der Waals surface area contributed by atoms with Crippen molar-refractivity contribution in [3.8, 4) is 0 Å². The molecule has 18 heavy (non-hydrogen) atoms. The van der Waals surface area contributed by atoms with Crippen molar-refractivity contribution in [1.82, 2.24) is 14.9 Å². The zero-order valence-corrected chi connectivity index (χ0v) is 11.4. The second-order valence-corrected chi connectivity index (χ2v) is 4.40. The Morgan fingerprint density at radius 2 is 2.06 bits per heavy atom. The minimum Gasteiger partial charge on any atom is -0.358 e. The van der Waals surface area contributed by atoms with E-state index >= 15 is 0 Å². The van der Waals surface area contributed by atoms with Crippen molar-refractivity contribution in [2.24, 2.45) is 0 Å². The van der Waals surface area contributed by atoms with Gasteiger partial charge in [-0.1, -0.05) is 11.6 Å². The van der Waals surface area contributed by atoms with Crippen LogP contribution in [0.3, 0.4) is 0 Å². The number of aromatic nitrogens is 2. The lowest BCUT2D eigenvalue weighted by molar-refractivity contribution is -0.129. The maximum Gasteiger partial charge on any atom is 0.244 e. The van der Waals surface area contributed by atoms with Gasteiger partial charge in [0.15, 0.2) is 6.29 Å². The number of halogens is 1. The van der Waals surface area contributed by atoms with Crippen molar-refractivity contribution in [3.63, 3.8) is 0 Å². The molecule has 1 N–H and O–H groups in total. The van der Waals surface area contributed by atoms with Crippen LogP contribution in [0.4, 0.5) is 5.82 Å². The Hall–Kier alpha value is -1.69. The number of likely N-dealkylation sites (N-methyl/N-ethyl adjacent to an activating group) is 1. The largest absolute Gasteiger partial charge is 0.358 e. The molecule has 0 saturated carbocycles. The number of hydrogen-bond donors (Lipinski definition) is 1. The van der Waals surface area contributed by atoms with Crippen LogP contribution >= 0.6 is 11.6 Å². The van der Waals surface area contributed by atoms with E-state index in [1.807, 2.05) is 0 Å². The Bertz CT molecular complexity index is 476. The average Bonchev–Trinajstić information content (AvgIpc) is 2.27. The maximum atomic E-state index is 11.7. The van der Waals surface area contributed by atoms with Gasteiger partial charge in [-0.05, 0) is 13.8 Å². The van der Waals surface area contributed by atoms with E-state index < -0.39 is 6.04 Å². The van der Waals surface area contributed by atoms with E-state index in [0.29, 0.717) is 12.1 Å². The Morgan fingerprint density at radius 3 is 2.56 bits per heavy atom. The molecule has 0 saturated heterocycles. The second-order valence-electron chi connectivity index (χ2n) is 4.04. The minimum atomic E-state index is -0.510. The number of aldehydes is 1. The number of anilines is 1. The Balaban J connectivity index is 3.03. The molecule has 0 aliphatic heterocycles. The molecule has 1 rings (SSSR count). The molecule has 6 nitrogen and oxygen atoms in total. The van der Waals surface area contributed by atoms with E-state index in [2.05, 4.69) is 15.3 Å². The molecular formula is C11H15ClN4O2. The van der Waals surface area contributed by atoms with Crippen molar-refractivity contribution in [2.45, 2.75) is 19.9 Å². The van der Waals surface area contributed by atoms with E-state index in [9.17, 15) is 9.59 Å². The average molecular weight is 271 g/mol. The fraction of sp³-hybridized carbons (Fsp3) is 0.455. The standard InChI is InChI=1S/C11H15ClN4O2/c1-6(11(18)16(3)4)13-10-8(5-17)9(12)14-7(2)15-10/h5-6H,1-4H3,(H,13,14,15). The van der Waals surface area contributed by atoms with Crippen molar-refractivity contribution >= 4 is 29.6 Å². The first-order chi connectivity index (χ1) is 8.36. The van der Waals surface area contributed by atoms with E-state index in [1.54, 1.807) is 27.9 Å². The van der Waals surface area contributed by atoms with E-state index in [0.717, 1.165) is 0 Å². The number of nitrogens with one attached hydrogen (secondary N) is 1. The summed E-state index contributed by atoms with van der Waals surface area (Å²) in [5.41, 5.74) is 0.153. The van der Waals surface area contributed by atoms with Gasteiger partial charge in [-0.25, -0.2) is 9.97 Å². The number of nitrogens with zero attached hydrogens (tertiary/aromatic N) is 3. The van der Waals surface area contributed by atoms with Crippen LogP contribution in [0.5, 0.6) is 0 Å². The van der Waals surface area contributed by atoms with Gasteiger partial charge in [-0.15, -0.1) is 0 Å². The molecule has 1 amide bonds. The fourth-order valence-corrected chi connectivity index (χ4v) is 1.67. The third-order valence-electron chi connectivity index (χ3n) is 2.29. The molecule has 1 heterocycles. The van der Waals surface area contributed by atoms with E-state index in [1.165, 1.54) is 4.90 Å². The summed E-state index contributed by atoms with van der Waals surface area (Å²) in [5, 5.41) is 2.94. The Labute approximate surface area is 110 Å². The topological polar surface area (TPSA) is 75.2 Å². The minimum absolute atomic E-state index is 0.0736. The van der Waals surface area contributed by atoms with Crippen LogP contribution in [-0.4, -0.2) is 47.2 Å². The van der Waals surface area contributed by atoms with Crippen LogP contribution in [-0.2, 0) is 4.79 Å². The molecule has 98 valence electrons. The van der Waals surface area contributed by atoms with Gasteiger partial charge < -0.3 is 10.2 Å².